The Balaban J connectivity index is 2.36. The first-order valence-electron chi connectivity index (χ1n) is 6.41. The molecule has 4 heteroatoms. The lowest BCUT2D eigenvalue weighted by Crippen LogP contribution is -2.48. The van der Waals surface area contributed by atoms with E-state index >= 15 is 0 Å². The van der Waals surface area contributed by atoms with Crippen LogP contribution in [-0.4, -0.2) is 24.1 Å². The van der Waals surface area contributed by atoms with E-state index in [1.165, 1.54) is 0 Å². The lowest BCUT2D eigenvalue weighted by Gasteiger charge is -2.36. The summed E-state index contributed by atoms with van der Waals surface area (Å²) in [6, 6.07) is 4.38. The van der Waals surface area contributed by atoms with Crippen molar-refractivity contribution in [2.24, 2.45) is 11.7 Å². The topological polar surface area (TPSA) is 65.9 Å². The lowest BCUT2D eigenvalue weighted by molar-refractivity contribution is 0.378. The molecule has 0 spiro atoms. The van der Waals surface area contributed by atoms with E-state index < -0.39 is 0 Å². The largest absolute Gasteiger partial charge is 0.354 e. The van der Waals surface area contributed by atoms with Crippen LogP contribution in [0.1, 0.15) is 30.2 Å². The van der Waals surface area contributed by atoms with E-state index in [2.05, 4.69) is 22.9 Å². The van der Waals surface area contributed by atoms with Crippen molar-refractivity contribution < 1.29 is 0 Å². The number of hydrogen-bond acceptors (Lipinski definition) is 4. The quantitative estimate of drug-likeness (QED) is 0.817. The van der Waals surface area contributed by atoms with E-state index in [4.69, 9.17) is 5.73 Å². The molecule has 1 aliphatic heterocycles. The Morgan fingerprint density at radius 2 is 2.22 bits per heavy atom. The highest BCUT2D eigenvalue weighted by atomic mass is 15.2. The van der Waals surface area contributed by atoms with Gasteiger partial charge in [0.05, 0.1) is 5.56 Å². The third kappa shape index (κ3) is 2.32. The Kier molecular flexibility index (Phi) is 3.53. The zero-order chi connectivity index (χ0) is 13.3. The average molecular weight is 244 g/mol. The van der Waals surface area contributed by atoms with Crippen molar-refractivity contribution in [3.63, 3.8) is 0 Å². The van der Waals surface area contributed by atoms with Gasteiger partial charge in [0.2, 0.25) is 0 Å². The first-order chi connectivity index (χ1) is 8.52. The van der Waals surface area contributed by atoms with Gasteiger partial charge in [0.1, 0.15) is 11.9 Å². The van der Waals surface area contributed by atoms with Gasteiger partial charge in [-0.25, -0.2) is 4.98 Å². The average Bonchev–Trinajstić information content (AvgIpc) is 2.32. The molecule has 2 N–H and O–H groups in total. The molecule has 1 aromatic heterocycles. The van der Waals surface area contributed by atoms with Gasteiger partial charge in [-0.3, -0.25) is 0 Å². The molecule has 1 aromatic rings. The number of nitrogens with zero attached hydrogens (tertiary/aromatic N) is 3. The minimum absolute atomic E-state index is 0.160. The van der Waals surface area contributed by atoms with Crippen LogP contribution in [-0.2, 0) is 0 Å². The van der Waals surface area contributed by atoms with Crippen LogP contribution in [0.4, 0.5) is 5.82 Å². The second kappa shape index (κ2) is 4.95. The highest BCUT2D eigenvalue weighted by Crippen LogP contribution is 2.26. The predicted molar refractivity (Wildman–Crippen MR) is 72.4 cm³/mol. The van der Waals surface area contributed by atoms with Crippen molar-refractivity contribution in [1.82, 2.24) is 4.98 Å². The van der Waals surface area contributed by atoms with Crippen LogP contribution >= 0.6 is 0 Å². The van der Waals surface area contributed by atoms with E-state index in [0.717, 1.165) is 36.6 Å². The van der Waals surface area contributed by atoms with Crippen molar-refractivity contribution in [3.8, 4) is 6.07 Å². The molecule has 1 fully saturated rings. The summed E-state index contributed by atoms with van der Waals surface area (Å²) in [6.45, 7) is 7.82. The first kappa shape index (κ1) is 12.8. The molecule has 0 radical (unpaired) electrons. The van der Waals surface area contributed by atoms with Crippen molar-refractivity contribution in [2.45, 2.75) is 33.2 Å². The minimum atomic E-state index is 0.160. The van der Waals surface area contributed by atoms with E-state index in [1.807, 2.05) is 19.9 Å². The van der Waals surface area contributed by atoms with Crippen molar-refractivity contribution >= 4 is 5.82 Å². The Labute approximate surface area is 108 Å². The van der Waals surface area contributed by atoms with Gasteiger partial charge in [-0.05, 0) is 37.8 Å². The van der Waals surface area contributed by atoms with Crippen molar-refractivity contribution in [3.05, 3.63) is 22.9 Å². The van der Waals surface area contributed by atoms with Gasteiger partial charge < -0.3 is 10.6 Å². The Hall–Kier alpha value is -1.60. The van der Waals surface area contributed by atoms with Crippen LogP contribution in [0.25, 0.3) is 0 Å². The number of piperidine rings is 1. The smallest absolute Gasteiger partial charge is 0.147 e. The molecule has 0 aromatic carbocycles. The van der Waals surface area contributed by atoms with Crippen LogP contribution in [0.3, 0.4) is 0 Å². The number of hydrogen-bond donors (Lipinski definition) is 1. The highest BCUT2D eigenvalue weighted by Gasteiger charge is 2.26. The van der Waals surface area contributed by atoms with Gasteiger partial charge in [0.25, 0.3) is 0 Å². The van der Waals surface area contributed by atoms with Gasteiger partial charge in [-0.15, -0.1) is 0 Å². The number of anilines is 1. The maximum Gasteiger partial charge on any atom is 0.147 e. The van der Waals surface area contributed by atoms with Crippen LogP contribution in [0, 0.1) is 31.1 Å². The van der Waals surface area contributed by atoms with Gasteiger partial charge in [-0.2, -0.15) is 5.26 Å². The fourth-order valence-corrected chi connectivity index (χ4v) is 2.48. The summed E-state index contributed by atoms with van der Waals surface area (Å²) >= 11 is 0. The third-order valence-corrected chi connectivity index (χ3v) is 3.75. The number of rotatable bonds is 1. The lowest BCUT2D eigenvalue weighted by atomic mass is 9.94. The SMILES string of the molecule is Cc1cc(C)c(C#N)c(N2CCC(C)C(N)C2)n1. The molecule has 0 bridgehead atoms. The molecule has 2 heterocycles. The molecule has 2 rings (SSSR count). The second-order valence-corrected chi connectivity index (χ2v) is 5.27. The van der Waals surface area contributed by atoms with Gasteiger partial charge in [0, 0.05) is 24.8 Å². The Bertz CT molecular complexity index is 489. The predicted octanol–water partition coefficient (Wildman–Crippen LogP) is 1.74. The molecular weight excluding hydrogens is 224 g/mol. The third-order valence-electron chi connectivity index (χ3n) is 3.75. The second-order valence-electron chi connectivity index (χ2n) is 5.27. The highest BCUT2D eigenvalue weighted by molar-refractivity contribution is 5.58. The molecule has 2 atom stereocenters. The summed E-state index contributed by atoms with van der Waals surface area (Å²) < 4.78 is 0. The van der Waals surface area contributed by atoms with E-state index in [-0.39, 0.29) is 6.04 Å². The molecule has 4 nitrogen and oxygen atoms in total. The zero-order valence-electron chi connectivity index (χ0n) is 11.3. The molecule has 1 saturated heterocycles. The number of aryl methyl sites for hydroxylation is 2. The van der Waals surface area contributed by atoms with E-state index in [1.54, 1.807) is 0 Å². The molecule has 18 heavy (non-hydrogen) atoms. The normalized spacial score (nSPS) is 23.8. The fraction of sp³-hybridized carbons (Fsp3) is 0.571. The summed E-state index contributed by atoms with van der Waals surface area (Å²) in [7, 11) is 0. The Morgan fingerprint density at radius 1 is 1.50 bits per heavy atom. The summed E-state index contributed by atoms with van der Waals surface area (Å²) in [5.74, 6) is 1.34. The molecule has 2 unspecified atom stereocenters. The van der Waals surface area contributed by atoms with Crippen LogP contribution in [0.5, 0.6) is 0 Å². The van der Waals surface area contributed by atoms with Gasteiger partial charge >= 0.3 is 0 Å². The van der Waals surface area contributed by atoms with E-state index in [0.29, 0.717) is 11.5 Å². The van der Waals surface area contributed by atoms with Crippen molar-refractivity contribution in [1.29, 1.82) is 5.26 Å². The van der Waals surface area contributed by atoms with E-state index in [9.17, 15) is 5.26 Å². The maximum atomic E-state index is 9.29. The molecular formula is C14H20N4. The van der Waals surface area contributed by atoms with Crippen molar-refractivity contribution in [2.75, 3.05) is 18.0 Å². The molecule has 96 valence electrons. The van der Waals surface area contributed by atoms with Gasteiger partial charge in [0.15, 0.2) is 0 Å². The Morgan fingerprint density at radius 3 is 2.83 bits per heavy atom. The van der Waals surface area contributed by atoms with Crippen LogP contribution in [0.15, 0.2) is 6.07 Å². The molecule has 0 amide bonds. The summed E-state index contributed by atoms with van der Waals surface area (Å²) in [4.78, 5) is 6.69. The maximum absolute atomic E-state index is 9.29. The van der Waals surface area contributed by atoms with Crippen LogP contribution < -0.4 is 10.6 Å². The van der Waals surface area contributed by atoms with Crippen LogP contribution in [0.2, 0.25) is 0 Å². The molecule has 0 saturated carbocycles. The fourth-order valence-electron chi connectivity index (χ4n) is 2.48. The number of nitrogens with two attached hydrogens (primary N) is 1. The number of aromatic nitrogens is 1. The summed E-state index contributed by atoms with van der Waals surface area (Å²) in [5.41, 5.74) is 8.75. The number of nitriles is 1. The van der Waals surface area contributed by atoms with Gasteiger partial charge in [-0.1, -0.05) is 6.92 Å². The monoisotopic (exact) mass is 244 g/mol. The summed E-state index contributed by atoms with van der Waals surface area (Å²) in [5, 5.41) is 9.29. The summed E-state index contributed by atoms with van der Waals surface area (Å²) in [6.07, 6.45) is 1.06. The number of pyridine rings is 1. The molecule has 1 aliphatic rings. The standard InChI is InChI=1S/C14H20N4/c1-9-4-5-18(8-13(9)16)14-12(7-15)10(2)6-11(3)17-14/h6,9,13H,4-5,8,16H2,1-3H3. The molecule has 0 aliphatic carbocycles. The first-order valence-corrected chi connectivity index (χ1v) is 6.41. The zero-order valence-corrected chi connectivity index (χ0v) is 11.3. The minimum Gasteiger partial charge on any atom is -0.354 e.